The van der Waals surface area contributed by atoms with E-state index in [4.69, 9.17) is 0 Å². The first-order valence-electron chi connectivity index (χ1n) is 4.89. The summed E-state index contributed by atoms with van der Waals surface area (Å²) in [6.07, 6.45) is 1.87. The van der Waals surface area contributed by atoms with Gasteiger partial charge in [0.15, 0.2) is 0 Å². The Balaban J connectivity index is 4.09. The lowest BCUT2D eigenvalue weighted by molar-refractivity contribution is -0.162. The van der Waals surface area contributed by atoms with Crippen LogP contribution in [0.25, 0.3) is 0 Å². The van der Waals surface area contributed by atoms with E-state index in [0.717, 1.165) is 11.5 Å². The number of carbonyl (C=O) groups excluding carboxylic acids is 1. The van der Waals surface area contributed by atoms with Gasteiger partial charge >= 0.3 is 0 Å². The second-order valence-corrected chi connectivity index (χ2v) is 3.22. The fourth-order valence-corrected chi connectivity index (χ4v) is 0.971. The van der Waals surface area contributed by atoms with Gasteiger partial charge in [0.2, 0.25) is 0 Å². The van der Waals surface area contributed by atoms with Crippen LogP contribution in [0, 0.1) is 0 Å². The van der Waals surface area contributed by atoms with Gasteiger partial charge in [-0.2, -0.15) is 0 Å². The topological polar surface area (TPSA) is 70.0 Å². The summed E-state index contributed by atoms with van der Waals surface area (Å²) >= 11 is 0. The van der Waals surface area contributed by atoms with E-state index in [2.05, 4.69) is 4.84 Å². The van der Waals surface area contributed by atoms with E-state index in [1.807, 2.05) is 6.92 Å². The third-order valence-electron chi connectivity index (χ3n) is 2.00. The molecule has 0 aromatic heterocycles. The molecule has 0 bridgehead atoms. The summed E-state index contributed by atoms with van der Waals surface area (Å²) in [4.78, 5) is 15.8. The molecule has 0 saturated heterocycles. The number of amides is 1. The highest BCUT2D eigenvalue weighted by Crippen LogP contribution is 2.03. The SMILES string of the molecule is CCC[C@@H](O)[C@H](O)/C=C/C(=O)N(C)OC. The maximum Gasteiger partial charge on any atom is 0.269 e. The van der Waals surface area contributed by atoms with Crippen LogP contribution in [0.3, 0.4) is 0 Å². The van der Waals surface area contributed by atoms with Crippen molar-refractivity contribution < 1.29 is 19.8 Å². The Labute approximate surface area is 89.9 Å². The molecule has 0 rings (SSSR count). The summed E-state index contributed by atoms with van der Waals surface area (Å²) in [7, 11) is 2.83. The zero-order valence-electron chi connectivity index (χ0n) is 9.38. The minimum atomic E-state index is -1.01. The molecule has 5 nitrogen and oxygen atoms in total. The Morgan fingerprint density at radius 2 is 2.13 bits per heavy atom. The smallest absolute Gasteiger partial charge is 0.269 e. The van der Waals surface area contributed by atoms with Crippen LogP contribution in [0.5, 0.6) is 0 Å². The summed E-state index contributed by atoms with van der Waals surface area (Å²) in [6.45, 7) is 1.91. The average Bonchev–Trinajstić information content (AvgIpc) is 2.24. The molecule has 0 unspecified atom stereocenters. The lowest BCUT2D eigenvalue weighted by Crippen LogP contribution is -2.26. The number of rotatable bonds is 6. The third kappa shape index (κ3) is 5.51. The van der Waals surface area contributed by atoms with E-state index in [0.29, 0.717) is 6.42 Å². The molecule has 0 aromatic carbocycles. The largest absolute Gasteiger partial charge is 0.390 e. The van der Waals surface area contributed by atoms with Crippen molar-refractivity contribution in [2.24, 2.45) is 0 Å². The van der Waals surface area contributed by atoms with E-state index in [1.54, 1.807) is 0 Å². The van der Waals surface area contributed by atoms with Crippen molar-refractivity contribution in [1.82, 2.24) is 5.06 Å². The molecule has 0 heterocycles. The van der Waals surface area contributed by atoms with Crippen LogP contribution in [0.4, 0.5) is 0 Å². The van der Waals surface area contributed by atoms with Crippen molar-refractivity contribution in [3.63, 3.8) is 0 Å². The maximum atomic E-state index is 11.2. The number of aliphatic hydroxyl groups is 2. The molecule has 0 aliphatic carbocycles. The fourth-order valence-electron chi connectivity index (χ4n) is 0.971. The van der Waals surface area contributed by atoms with Crippen LogP contribution in [0.1, 0.15) is 19.8 Å². The number of hydrogen-bond donors (Lipinski definition) is 2. The van der Waals surface area contributed by atoms with Gasteiger partial charge < -0.3 is 10.2 Å². The van der Waals surface area contributed by atoms with Gasteiger partial charge in [-0.05, 0) is 12.5 Å². The van der Waals surface area contributed by atoms with Crippen LogP contribution in [0.2, 0.25) is 0 Å². The Morgan fingerprint density at radius 1 is 1.53 bits per heavy atom. The molecular formula is C10H19NO4. The van der Waals surface area contributed by atoms with Crippen molar-refractivity contribution >= 4 is 5.91 Å². The van der Waals surface area contributed by atoms with Crippen molar-refractivity contribution in [3.8, 4) is 0 Å². The lowest BCUT2D eigenvalue weighted by Gasteiger charge is -2.14. The number of hydroxylamine groups is 2. The number of aliphatic hydroxyl groups excluding tert-OH is 2. The van der Waals surface area contributed by atoms with Gasteiger partial charge in [-0.15, -0.1) is 0 Å². The molecule has 0 fully saturated rings. The van der Waals surface area contributed by atoms with Crippen molar-refractivity contribution in [1.29, 1.82) is 0 Å². The summed E-state index contributed by atoms with van der Waals surface area (Å²) in [6, 6.07) is 0. The van der Waals surface area contributed by atoms with Gasteiger partial charge in [-0.25, -0.2) is 5.06 Å². The van der Waals surface area contributed by atoms with Crippen LogP contribution in [-0.4, -0.2) is 47.5 Å². The van der Waals surface area contributed by atoms with Crippen molar-refractivity contribution in [3.05, 3.63) is 12.2 Å². The number of carbonyl (C=O) groups is 1. The van der Waals surface area contributed by atoms with Gasteiger partial charge in [0.25, 0.3) is 5.91 Å². The molecule has 0 aromatic rings. The third-order valence-corrected chi connectivity index (χ3v) is 2.00. The molecule has 0 saturated carbocycles. The normalized spacial score (nSPS) is 15.3. The first-order valence-corrected chi connectivity index (χ1v) is 4.89. The van der Waals surface area contributed by atoms with Crippen LogP contribution in [0.15, 0.2) is 12.2 Å². The molecule has 15 heavy (non-hydrogen) atoms. The van der Waals surface area contributed by atoms with Crippen LogP contribution >= 0.6 is 0 Å². The molecule has 0 radical (unpaired) electrons. The highest BCUT2D eigenvalue weighted by molar-refractivity contribution is 5.86. The van der Waals surface area contributed by atoms with Gasteiger partial charge in [-0.3, -0.25) is 9.63 Å². The summed E-state index contributed by atoms with van der Waals surface area (Å²) in [5.74, 6) is -0.389. The predicted molar refractivity (Wildman–Crippen MR) is 55.8 cm³/mol. The molecule has 1 amide bonds. The molecule has 5 heteroatoms. The maximum absolute atomic E-state index is 11.2. The zero-order chi connectivity index (χ0) is 11.8. The second kappa shape index (κ2) is 7.39. The zero-order valence-corrected chi connectivity index (χ0v) is 9.38. The summed E-state index contributed by atoms with van der Waals surface area (Å²) in [5.41, 5.74) is 0. The van der Waals surface area contributed by atoms with Gasteiger partial charge in [0.05, 0.1) is 19.3 Å². The van der Waals surface area contributed by atoms with Gasteiger partial charge in [0, 0.05) is 13.1 Å². The Morgan fingerprint density at radius 3 is 2.60 bits per heavy atom. The first-order chi connectivity index (χ1) is 7.02. The summed E-state index contributed by atoms with van der Waals surface area (Å²) in [5, 5.41) is 19.8. The van der Waals surface area contributed by atoms with Crippen LogP contribution in [-0.2, 0) is 9.63 Å². The second-order valence-electron chi connectivity index (χ2n) is 3.22. The monoisotopic (exact) mass is 217 g/mol. The number of likely N-dealkylation sites (N-methyl/N-ethyl adjacent to an activating group) is 1. The first kappa shape index (κ1) is 14.1. The molecule has 88 valence electrons. The highest BCUT2D eigenvalue weighted by atomic mass is 16.7. The van der Waals surface area contributed by atoms with Crippen molar-refractivity contribution in [2.75, 3.05) is 14.2 Å². The van der Waals surface area contributed by atoms with Crippen molar-refractivity contribution in [2.45, 2.75) is 32.0 Å². The number of hydrogen-bond acceptors (Lipinski definition) is 4. The Bertz CT molecular complexity index is 217. The lowest BCUT2D eigenvalue weighted by atomic mass is 10.1. The highest BCUT2D eigenvalue weighted by Gasteiger charge is 2.12. The molecule has 2 atom stereocenters. The number of nitrogens with zero attached hydrogens (tertiary/aromatic N) is 1. The molecule has 0 aliphatic rings. The van der Waals surface area contributed by atoms with Gasteiger partial charge in [0.1, 0.15) is 0 Å². The quantitative estimate of drug-likeness (QED) is 0.488. The fraction of sp³-hybridized carbons (Fsp3) is 0.700. The minimum Gasteiger partial charge on any atom is -0.390 e. The van der Waals surface area contributed by atoms with E-state index in [-0.39, 0.29) is 5.91 Å². The van der Waals surface area contributed by atoms with Gasteiger partial charge in [-0.1, -0.05) is 13.3 Å². The molecular weight excluding hydrogens is 198 g/mol. The standard InChI is InChI=1S/C10H19NO4/c1-4-5-8(12)9(13)6-7-10(14)11(2)15-3/h6-9,12-13H,4-5H2,1-3H3/b7-6+/t8-,9-/m1/s1. The Kier molecular flexibility index (Phi) is 6.94. The minimum absolute atomic E-state index is 0.389. The van der Waals surface area contributed by atoms with Crippen LogP contribution < -0.4 is 0 Å². The summed E-state index contributed by atoms with van der Waals surface area (Å²) < 4.78 is 0. The molecule has 0 aliphatic heterocycles. The van der Waals surface area contributed by atoms with E-state index in [1.165, 1.54) is 26.3 Å². The Hall–Kier alpha value is -0.910. The van der Waals surface area contributed by atoms with E-state index < -0.39 is 12.2 Å². The average molecular weight is 217 g/mol. The van der Waals surface area contributed by atoms with E-state index in [9.17, 15) is 15.0 Å². The van der Waals surface area contributed by atoms with E-state index >= 15 is 0 Å². The molecule has 0 spiro atoms. The molecule has 2 N–H and O–H groups in total. The predicted octanol–water partition coefficient (Wildman–Crippen LogP) is 0.0843.